The lowest BCUT2D eigenvalue weighted by Gasteiger charge is -2.09. The van der Waals surface area contributed by atoms with E-state index in [9.17, 15) is 4.79 Å². The first-order valence-electron chi connectivity index (χ1n) is 7.99. The Balaban J connectivity index is 1.86. The number of amides is 1. The highest BCUT2D eigenvalue weighted by atomic mass is 32.1. The zero-order valence-electron chi connectivity index (χ0n) is 14.3. The number of nitrogens with zero attached hydrogens (tertiary/aromatic N) is 3. The molecule has 25 heavy (non-hydrogen) atoms. The summed E-state index contributed by atoms with van der Waals surface area (Å²) in [6, 6.07) is 9.37. The van der Waals surface area contributed by atoms with E-state index < -0.39 is 0 Å². The number of carbonyl (C=O) groups excluding carboxylic acids is 1. The Morgan fingerprint density at radius 1 is 1.20 bits per heavy atom. The molecule has 0 aliphatic rings. The first-order valence-corrected chi connectivity index (χ1v) is 8.76. The first kappa shape index (κ1) is 17.0. The molecule has 0 saturated carbocycles. The summed E-state index contributed by atoms with van der Waals surface area (Å²) in [6.45, 7) is 6.42. The number of rotatable bonds is 5. The fourth-order valence-corrected chi connectivity index (χ4v) is 3.02. The van der Waals surface area contributed by atoms with Crippen LogP contribution in [0.3, 0.4) is 0 Å². The molecule has 0 fully saturated rings. The standard InChI is InChI=1S/C18H19N5OS/c1-4-19-17(24)14-7-5-13(6-8-14)16-11(2)10-20-18(22-16)21-15-9-12(3)23-25-15/h5-10H,4H2,1-3H3,(H,19,24)(H,20,21,22). The second kappa shape index (κ2) is 7.40. The monoisotopic (exact) mass is 353 g/mol. The van der Waals surface area contributed by atoms with Crippen LogP contribution in [0.25, 0.3) is 11.3 Å². The van der Waals surface area contributed by atoms with Crippen molar-refractivity contribution < 1.29 is 4.79 Å². The van der Waals surface area contributed by atoms with Crippen LogP contribution in [0.15, 0.2) is 36.5 Å². The van der Waals surface area contributed by atoms with Crippen molar-refractivity contribution in [3.05, 3.63) is 53.3 Å². The van der Waals surface area contributed by atoms with Crippen molar-refractivity contribution in [2.75, 3.05) is 11.9 Å². The molecule has 7 heteroatoms. The van der Waals surface area contributed by atoms with Crippen LogP contribution in [-0.2, 0) is 0 Å². The van der Waals surface area contributed by atoms with Crippen LogP contribution in [0.1, 0.15) is 28.5 Å². The van der Waals surface area contributed by atoms with E-state index in [1.807, 2.05) is 51.1 Å². The Bertz CT molecular complexity index is 889. The quantitative estimate of drug-likeness (QED) is 0.731. The Hall–Kier alpha value is -2.80. The molecular formula is C18H19N5OS. The van der Waals surface area contributed by atoms with Gasteiger partial charge in [0.05, 0.1) is 11.4 Å². The van der Waals surface area contributed by atoms with E-state index in [0.29, 0.717) is 18.1 Å². The minimum atomic E-state index is -0.0728. The SMILES string of the molecule is CCNC(=O)c1ccc(-c2nc(Nc3cc(C)ns3)ncc2C)cc1. The summed E-state index contributed by atoms with van der Waals surface area (Å²) >= 11 is 1.37. The normalized spacial score (nSPS) is 10.5. The van der Waals surface area contributed by atoms with E-state index >= 15 is 0 Å². The van der Waals surface area contributed by atoms with Gasteiger partial charge < -0.3 is 10.6 Å². The van der Waals surface area contributed by atoms with E-state index in [0.717, 1.165) is 27.5 Å². The molecule has 3 rings (SSSR count). The number of anilines is 2. The van der Waals surface area contributed by atoms with Crippen molar-refractivity contribution >= 4 is 28.4 Å². The predicted molar refractivity (Wildman–Crippen MR) is 100 cm³/mol. The average molecular weight is 353 g/mol. The molecule has 3 aromatic rings. The molecule has 1 aromatic carbocycles. The Morgan fingerprint density at radius 3 is 2.60 bits per heavy atom. The second-order valence-electron chi connectivity index (χ2n) is 5.62. The second-order valence-corrected chi connectivity index (χ2v) is 6.42. The zero-order chi connectivity index (χ0) is 17.8. The van der Waals surface area contributed by atoms with Gasteiger partial charge in [-0.3, -0.25) is 4.79 Å². The maximum Gasteiger partial charge on any atom is 0.251 e. The number of aromatic nitrogens is 3. The van der Waals surface area contributed by atoms with Gasteiger partial charge >= 0.3 is 0 Å². The molecule has 0 unspecified atom stereocenters. The highest BCUT2D eigenvalue weighted by molar-refractivity contribution is 7.10. The van der Waals surface area contributed by atoms with Crippen molar-refractivity contribution in [3.8, 4) is 11.3 Å². The molecule has 0 saturated heterocycles. The summed E-state index contributed by atoms with van der Waals surface area (Å²) in [7, 11) is 0. The Kier molecular flexibility index (Phi) is 5.04. The third kappa shape index (κ3) is 4.00. The number of benzene rings is 1. The molecular weight excluding hydrogens is 334 g/mol. The summed E-state index contributed by atoms with van der Waals surface area (Å²) in [6.07, 6.45) is 1.79. The summed E-state index contributed by atoms with van der Waals surface area (Å²) in [5.41, 5.74) is 4.34. The van der Waals surface area contributed by atoms with E-state index in [2.05, 4.69) is 25.0 Å². The molecule has 0 spiro atoms. The van der Waals surface area contributed by atoms with Gasteiger partial charge in [-0.15, -0.1) is 0 Å². The van der Waals surface area contributed by atoms with E-state index in [1.165, 1.54) is 11.5 Å². The molecule has 1 amide bonds. The topological polar surface area (TPSA) is 79.8 Å². The van der Waals surface area contributed by atoms with Crippen molar-refractivity contribution in [2.45, 2.75) is 20.8 Å². The fraction of sp³-hybridized carbons (Fsp3) is 0.222. The lowest BCUT2D eigenvalue weighted by Crippen LogP contribution is -2.22. The summed E-state index contributed by atoms with van der Waals surface area (Å²) in [4.78, 5) is 20.8. The lowest BCUT2D eigenvalue weighted by molar-refractivity contribution is 0.0956. The van der Waals surface area contributed by atoms with Crippen molar-refractivity contribution in [2.24, 2.45) is 0 Å². The van der Waals surface area contributed by atoms with Crippen LogP contribution in [-0.4, -0.2) is 26.8 Å². The minimum Gasteiger partial charge on any atom is -0.352 e. The van der Waals surface area contributed by atoms with Crippen LogP contribution < -0.4 is 10.6 Å². The molecule has 0 atom stereocenters. The molecule has 2 aromatic heterocycles. The zero-order valence-corrected chi connectivity index (χ0v) is 15.1. The number of hydrogen-bond donors (Lipinski definition) is 2. The summed E-state index contributed by atoms with van der Waals surface area (Å²) in [5, 5.41) is 6.87. The smallest absolute Gasteiger partial charge is 0.251 e. The molecule has 2 N–H and O–H groups in total. The van der Waals surface area contributed by atoms with Crippen LogP contribution in [0.4, 0.5) is 10.9 Å². The van der Waals surface area contributed by atoms with Gasteiger partial charge in [0.15, 0.2) is 0 Å². The molecule has 0 radical (unpaired) electrons. The molecule has 2 heterocycles. The Labute approximate surface area is 150 Å². The number of nitrogens with one attached hydrogen (secondary N) is 2. The predicted octanol–water partition coefficient (Wildman–Crippen LogP) is 3.71. The first-order chi connectivity index (χ1) is 12.1. The molecule has 6 nitrogen and oxygen atoms in total. The highest BCUT2D eigenvalue weighted by Gasteiger charge is 2.10. The van der Waals surface area contributed by atoms with Crippen molar-refractivity contribution in [1.29, 1.82) is 0 Å². The van der Waals surface area contributed by atoms with E-state index in [1.54, 1.807) is 6.20 Å². The van der Waals surface area contributed by atoms with Gasteiger partial charge in [0.1, 0.15) is 5.00 Å². The number of aryl methyl sites for hydroxylation is 2. The Morgan fingerprint density at radius 2 is 1.96 bits per heavy atom. The van der Waals surface area contributed by atoms with E-state index in [4.69, 9.17) is 0 Å². The third-order valence-corrected chi connectivity index (χ3v) is 4.39. The van der Waals surface area contributed by atoms with Gasteiger partial charge in [0, 0.05) is 23.9 Å². The van der Waals surface area contributed by atoms with Gasteiger partial charge in [0.25, 0.3) is 5.91 Å². The molecule has 0 aliphatic carbocycles. The van der Waals surface area contributed by atoms with Gasteiger partial charge in [-0.25, -0.2) is 9.97 Å². The van der Waals surface area contributed by atoms with Gasteiger partial charge in [-0.2, -0.15) is 4.37 Å². The maximum atomic E-state index is 11.9. The van der Waals surface area contributed by atoms with Crippen LogP contribution >= 0.6 is 11.5 Å². The van der Waals surface area contributed by atoms with Gasteiger partial charge in [0.2, 0.25) is 5.95 Å². The fourth-order valence-electron chi connectivity index (χ4n) is 2.37. The third-order valence-electron chi connectivity index (χ3n) is 3.59. The van der Waals surface area contributed by atoms with Crippen molar-refractivity contribution in [1.82, 2.24) is 19.7 Å². The number of hydrogen-bond acceptors (Lipinski definition) is 6. The van der Waals surface area contributed by atoms with Gasteiger partial charge in [-0.05, 0) is 56.1 Å². The largest absolute Gasteiger partial charge is 0.352 e. The van der Waals surface area contributed by atoms with E-state index in [-0.39, 0.29) is 5.91 Å². The molecule has 0 aliphatic heterocycles. The van der Waals surface area contributed by atoms with Crippen molar-refractivity contribution in [3.63, 3.8) is 0 Å². The maximum absolute atomic E-state index is 11.9. The number of carbonyl (C=O) groups is 1. The van der Waals surface area contributed by atoms with Crippen LogP contribution in [0.2, 0.25) is 0 Å². The lowest BCUT2D eigenvalue weighted by atomic mass is 10.1. The highest BCUT2D eigenvalue weighted by Crippen LogP contribution is 2.25. The van der Waals surface area contributed by atoms with Crippen LogP contribution in [0.5, 0.6) is 0 Å². The minimum absolute atomic E-state index is 0.0728. The van der Waals surface area contributed by atoms with Crippen LogP contribution in [0, 0.1) is 13.8 Å². The summed E-state index contributed by atoms with van der Waals surface area (Å²) in [5.74, 6) is 0.452. The summed E-state index contributed by atoms with van der Waals surface area (Å²) < 4.78 is 4.24. The average Bonchev–Trinajstić information content (AvgIpc) is 3.02. The molecule has 0 bridgehead atoms. The molecule has 128 valence electrons. The van der Waals surface area contributed by atoms with Gasteiger partial charge in [-0.1, -0.05) is 12.1 Å².